The van der Waals surface area contributed by atoms with Crippen molar-refractivity contribution < 1.29 is 14.7 Å². The molecule has 2 N–H and O–H groups in total. The van der Waals surface area contributed by atoms with Crippen molar-refractivity contribution in [3.63, 3.8) is 0 Å². The van der Waals surface area contributed by atoms with Crippen LogP contribution in [-0.4, -0.2) is 50.6 Å². The molecule has 166 valence electrons. The van der Waals surface area contributed by atoms with Crippen LogP contribution in [0.2, 0.25) is 0 Å². The van der Waals surface area contributed by atoms with Gasteiger partial charge in [0.2, 0.25) is 5.91 Å². The number of amides is 2. The lowest BCUT2D eigenvalue weighted by atomic mass is 9.88. The zero-order valence-corrected chi connectivity index (χ0v) is 18.1. The van der Waals surface area contributed by atoms with Crippen molar-refractivity contribution >= 4 is 22.8 Å². The van der Waals surface area contributed by atoms with E-state index < -0.39 is 11.5 Å². The molecule has 0 saturated heterocycles. The van der Waals surface area contributed by atoms with Crippen molar-refractivity contribution in [2.75, 3.05) is 7.05 Å². The van der Waals surface area contributed by atoms with Crippen LogP contribution in [0.25, 0.3) is 11.0 Å². The minimum Gasteiger partial charge on any atom is -0.393 e. The summed E-state index contributed by atoms with van der Waals surface area (Å²) < 4.78 is 1.25. The second-order valence-corrected chi connectivity index (χ2v) is 8.32. The van der Waals surface area contributed by atoms with Crippen LogP contribution in [0.15, 0.2) is 53.5 Å². The maximum atomic E-state index is 13.2. The van der Waals surface area contributed by atoms with Crippen LogP contribution >= 0.6 is 0 Å². The van der Waals surface area contributed by atoms with Gasteiger partial charge in [0.25, 0.3) is 11.5 Å². The van der Waals surface area contributed by atoms with Gasteiger partial charge < -0.3 is 15.3 Å². The first-order valence-electron chi connectivity index (χ1n) is 10.6. The number of nitrogens with one attached hydrogen (secondary N) is 1. The quantitative estimate of drug-likeness (QED) is 0.614. The summed E-state index contributed by atoms with van der Waals surface area (Å²) >= 11 is 0. The van der Waals surface area contributed by atoms with Crippen molar-refractivity contribution in [2.45, 2.75) is 45.0 Å². The molecule has 1 fully saturated rings. The number of aliphatic hydroxyl groups is 1. The molecule has 1 aliphatic carbocycles. The number of carbonyl (C=O) groups excluding carboxylic acids is 2. The highest BCUT2D eigenvalue weighted by atomic mass is 16.3. The average Bonchev–Trinajstić information content (AvgIpc) is 2.77. The highest BCUT2D eigenvalue weighted by Crippen LogP contribution is 2.24. The molecule has 2 heterocycles. The van der Waals surface area contributed by atoms with E-state index in [1.165, 1.54) is 10.6 Å². The minimum atomic E-state index is -0.562. The van der Waals surface area contributed by atoms with Gasteiger partial charge in [0, 0.05) is 31.2 Å². The third-order valence-corrected chi connectivity index (χ3v) is 5.99. The number of hydrogen-bond acceptors (Lipinski definition) is 5. The Hall–Kier alpha value is -3.52. The maximum Gasteiger partial charge on any atom is 0.265 e. The van der Waals surface area contributed by atoms with Gasteiger partial charge in [-0.25, -0.2) is 4.98 Å². The predicted molar refractivity (Wildman–Crippen MR) is 120 cm³/mol. The summed E-state index contributed by atoms with van der Waals surface area (Å²) in [6.45, 7) is 2.05. The van der Waals surface area contributed by atoms with Crippen LogP contribution in [0, 0.1) is 6.92 Å². The Kier molecular flexibility index (Phi) is 6.05. The summed E-state index contributed by atoms with van der Waals surface area (Å²) in [4.78, 5) is 44.7. The lowest BCUT2D eigenvalue weighted by Gasteiger charge is -2.38. The van der Waals surface area contributed by atoms with Crippen LogP contribution in [0.1, 0.15) is 34.3 Å². The van der Waals surface area contributed by atoms with E-state index in [-0.39, 0.29) is 36.7 Å². The molecule has 8 nitrogen and oxygen atoms in total. The second-order valence-electron chi connectivity index (χ2n) is 8.32. The Morgan fingerprint density at radius 1 is 1.22 bits per heavy atom. The van der Waals surface area contributed by atoms with Crippen LogP contribution in [-0.2, 0) is 17.9 Å². The number of pyridine rings is 2. The molecule has 1 aliphatic rings. The van der Waals surface area contributed by atoms with Crippen molar-refractivity contribution in [1.82, 2.24) is 19.8 Å². The van der Waals surface area contributed by atoms with Crippen molar-refractivity contribution in [2.24, 2.45) is 0 Å². The monoisotopic (exact) mass is 434 g/mol. The predicted octanol–water partition coefficient (Wildman–Crippen LogP) is 1.62. The lowest BCUT2D eigenvalue weighted by Crippen LogP contribution is -2.49. The van der Waals surface area contributed by atoms with Gasteiger partial charge in [-0.2, -0.15) is 0 Å². The van der Waals surface area contributed by atoms with E-state index in [0.29, 0.717) is 23.9 Å². The molecule has 32 heavy (non-hydrogen) atoms. The first-order valence-corrected chi connectivity index (χ1v) is 10.6. The van der Waals surface area contributed by atoms with Crippen molar-refractivity contribution in [3.8, 4) is 0 Å². The molecule has 0 radical (unpaired) electrons. The molecule has 0 atom stereocenters. The highest BCUT2D eigenvalue weighted by molar-refractivity contribution is 5.97. The highest BCUT2D eigenvalue weighted by Gasteiger charge is 2.33. The first kappa shape index (κ1) is 21.7. The van der Waals surface area contributed by atoms with E-state index in [4.69, 9.17) is 0 Å². The number of nitrogens with zero attached hydrogens (tertiary/aromatic N) is 3. The number of fused-ring (bicyclic) bond motifs is 1. The van der Waals surface area contributed by atoms with Gasteiger partial charge in [0.05, 0.1) is 6.10 Å². The van der Waals surface area contributed by atoms with Gasteiger partial charge in [-0.05, 0) is 43.5 Å². The van der Waals surface area contributed by atoms with Gasteiger partial charge in [0.15, 0.2) is 0 Å². The normalized spacial score (nSPS) is 17.6. The molecule has 8 heteroatoms. The van der Waals surface area contributed by atoms with E-state index >= 15 is 0 Å². The molecule has 2 amide bonds. The molecule has 0 spiro atoms. The second kappa shape index (κ2) is 8.92. The number of aryl methyl sites for hydroxylation is 1. The molecule has 0 unspecified atom stereocenters. The van der Waals surface area contributed by atoms with E-state index in [9.17, 15) is 19.5 Å². The third kappa shape index (κ3) is 4.40. The SMILES string of the molecule is Cc1ccc(CNC(=O)c2cc3cccnc3n(CC(=O)N(C)C3CC(O)C3)c2=O)cc1. The Balaban J connectivity index is 1.60. The molecule has 0 bridgehead atoms. The summed E-state index contributed by atoms with van der Waals surface area (Å²) in [6.07, 6.45) is 2.21. The van der Waals surface area contributed by atoms with Crippen LogP contribution < -0.4 is 10.9 Å². The van der Waals surface area contributed by atoms with Crippen LogP contribution in [0.5, 0.6) is 0 Å². The number of rotatable bonds is 6. The van der Waals surface area contributed by atoms with Gasteiger partial charge in [-0.1, -0.05) is 29.8 Å². The molecule has 4 rings (SSSR count). The fourth-order valence-electron chi connectivity index (χ4n) is 3.83. The lowest BCUT2D eigenvalue weighted by molar-refractivity contribution is -0.136. The molecule has 1 aromatic carbocycles. The average molecular weight is 434 g/mol. The van der Waals surface area contributed by atoms with Gasteiger partial charge in [-0.15, -0.1) is 0 Å². The molecule has 3 aromatic rings. The Morgan fingerprint density at radius 3 is 2.62 bits per heavy atom. The molecular formula is C24H26N4O4. The fourth-order valence-corrected chi connectivity index (χ4v) is 3.83. The van der Waals surface area contributed by atoms with E-state index in [1.54, 1.807) is 30.3 Å². The van der Waals surface area contributed by atoms with Crippen LogP contribution in [0.3, 0.4) is 0 Å². The Labute approximate surface area is 185 Å². The van der Waals surface area contributed by atoms with Crippen molar-refractivity contribution in [3.05, 3.63) is 75.7 Å². The summed E-state index contributed by atoms with van der Waals surface area (Å²) in [5.41, 5.74) is 1.80. The summed E-state index contributed by atoms with van der Waals surface area (Å²) in [5, 5.41) is 12.9. The fraction of sp³-hybridized carbons (Fsp3) is 0.333. The van der Waals surface area contributed by atoms with Gasteiger partial charge >= 0.3 is 0 Å². The Bertz CT molecular complexity index is 1210. The van der Waals surface area contributed by atoms with Crippen molar-refractivity contribution in [1.29, 1.82) is 0 Å². The standard InChI is InChI=1S/C24H26N4O4/c1-15-5-7-16(8-6-15)13-26-23(31)20-10-17-4-3-9-25-22(17)28(24(20)32)14-21(30)27(2)18-11-19(29)12-18/h3-10,18-19,29H,11-14H2,1-2H3,(H,26,31). The maximum absolute atomic E-state index is 13.2. The smallest absolute Gasteiger partial charge is 0.265 e. The zero-order chi connectivity index (χ0) is 22.8. The van der Waals surface area contributed by atoms with Gasteiger partial charge in [-0.3, -0.25) is 19.0 Å². The molecular weight excluding hydrogens is 408 g/mol. The van der Waals surface area contributed by atoms with E-state index in [0.717, 1.165) is 11.1 Å². The largest absolute Gasteiger partial charge is 0.393 e. The van der Waals surface area contributed by atoms with E-state index in [1.807, 2.05) is 31.2 Å². The molecule has 1 saturated carbocycles. The minimum absolute atomic E-state index is 0.0351. The number of carbonyl (C=O) groups is 2. The third-order valence-electron chi connectivity index (χ3n) is 5.99. The van der Waals surface area contributed by atoms with Gasteiger partial charge in [0.1, 0.15) is 17.8 Å². The van der Waals surface area contributed by atoms with E-state index in [2.05, 4.69) is 10.3 Å². The van der Waals surface area contributed by atoms with Crippen LogP contribution in [0.4, 0.5) is 0 Å². The number of benzene rings is 1. The summed E-state index contributed by atoms with van der Waals surface area (Å²) in [7, 11) is 1.66. The number of likely N-dealkylation sites (N-methyl/N-ethyl adjacent to an activating group) is 1. The zero-order valence-electron chi connectivity index (χ0n) is 18.1. The molecule has 0 aliphatic heterocycles. The topological polar surface area (TPSA) is 105 Å². The summed E-state index contributed by atoms with van der Waals surface area (Å²) in [5.74, 6) is -0.772. The number of hydrogen-bond donors (Lipinski definition) is 2. The Morgan fingerprint density at radius 2 is 1.94 bits per heavy atom. The number of aliphatic hydroxyl groups excluding tert-OH is 1. The summed E-state index contributed by atoms with van der Waals surface area (Å²) in [6, 6.07) is 12.7. The first-order chi connectivity index (χ1) is 15.3. The number of aromatic nitrogens is 2. The molecule has 2 aromatic heterocycles.